The van der Waals surface area contributed by atoms with Crippen LogP contribution in [-0.2, 0) is 24.7 Å². The van der Waals surface area contributed by atoms with Gasteiger partial charge in [-0.2, -0.15) is 4.31 Å². The quantitative estimate of drug-likeness (QED) is 0.482. The minimum atomic E-state index is -3.89. The van der Waals surface area contributed by atoms with Gasteiger partial charge < -0.3 is 10.1 Å². The highest BCUT2D eigenvalue weighted by Gasteiger charge is 2.37. The second-order valence-electron chi connectivity index (χ2n) is 7.59. The van der Waals surface area contributed by atoms with Crippen LogP contribution in [-0.4, -0.2) is 53.8 Å². The van der Waals surface area contributed by atoms with Crippen LogP contribution in [0.3, 0.4) is 0 Å². The summed E-state index contributed by atoms with van der Waals surface area (Å²) in [6, 6.07) is 10.2. The lowest BCUT2D eigenvalue weighted by molar-refractivity contribution is -0.124. The summed E-state index contributed by atoms with van der Waals surface area (Å²) in [5.74, 6) is -0.621. The van der Waals surface area contributed by atoms with Crippen molar-refractivity contribution >= 4 is 49.0 Å². The average Bonchev–Trinajstić information content (AvgIpc) is 3.30. The largest absolute Gasteiger partial charge is 0.495 e. The fourth-order valence-electron chi connectivity index (χ4n) is 3.47. The molecule has 1 atom stereocenters. The molecule has 12 heteroatoms. The summed E-state index contributed by atoms with van der Waals surface area (Å²) in [5.41, 5.74) is 0. The standard InChI is InChI=1S/C22H24Cl2N2O6S2/c1-32-20-9-6-18(24)14-21(20)34(30,31)26-12-10-16(15-26)22(27)25-11-2-3-13-33(28,29)19-7-4-17(23)5-8-19/h3-9,13-14,16H,2,10-12,15H2,1H3,(H,25,27)/b13-3+. The topological polar surface area (TPSA) is 110 Å². The number of halogens is 2. The first kappa shape index (κ1) is 26.5. The summed E-state index contributed by atoms with van der Waals surface area (Å²) in [4.78, 5) is 12.6. The average molecular weight is 547 g/mol. The third-order valence-corrected chi connectivity index (χ3v) is 9.15. The van der Waals surface area contributed by atoms with Crippen LogP contribution in [0.2, 0.25) is 10.0 Å². The van der Waals surface area contributed by atoms with E-state index in [0.29, 0.717) is 17.9 Å². The summed E-state index contributed by atoms with van der Waals surface area (Å²) >= 11 is 11.7. The van der Waals surface area contributed by atoms with Crippen molar-refractivity contribution in [2.24, 2.45) is 5.92 Å². The zero-order valence-electron chi connectivity index (χ0n) is 18.3. The molecule has 0 aliphatic carbocycles. The van der Waals surface area contributed by atoms with E-state index < -0.39 is 25.8 Å². The molecule has 3 rings (SSSR count). The number of benzene rings is 2. The van der Waals surface area contributed by atoms with Gasteiger partial charge in [0.2, 0.25) is 15.9 Å². The van der Waals surface area contributed by atoms with Crippen molar-refractivity contribution in [3.63, 3.8) is 0 Å². The summed E-state index contributed by atoms with van der Waals surface area (Å²) in [6.07, 6.45) is 2.13. The van der Waals surface area contributed by atoms with Gasteiger partial charge in [0.25, 0.3) is 0 Å². The number of methoxy groups -OCH3 is 1. The van der Waals surface area contributed by atoms with Gasteiger partial charge in [0.05, 0.1) is 17.9 Å². The lowest BCUT2D eigenvalue weighted by Gasteiger charge is -2.18. The molecule has 0 radical (unpaired) electrons. The Labute approximate surface area is 209 Å². The Morgan fingerprint density at radius 3 is 2.47 bits per heavy atom. The Kier molecular flexibility index (Phi) is 8.64. The van der Waals surface area contributed by atoms with Crippen LogP contribution in [0.25, 0.3) is 0 Å². The van der Waals surface area contributed by atoms with E-state index in [0.717, 1.165) is 5.41 Å². The molecule has 0 saturated carbocycles. The summed E-state index contributed by atoms with van der Waals surface area (Å²) in [7, 11) is -6.11. The number of nitrogens with zero attached hydrogens (tertiary/aromatic N) is 1. The molecule has 184 valence electrons. The van der Waals surface area contributed by atoms with Gasteiger partial charge in [0, 0.05) is 35.1 Å². The van der Waals surface area contributed by atoms with Crippen LogP contribution in [0.1, 0.15) is 12.8 Å². The second-order valence-corrected chi connectivity index (χ2v) is 12.2. The van der Waals surface area contributed by atoms with Crippen LogP contribution >= 0.6 is 23.2 Å². The van der Waals surface area contributed by atoms with Gasteiger partial charge in [-0.3, -0.25) is 4.79 Å². The summed E-state index contributed by atoms with van der Waals surface area (Å²) < 4.78 is 57.0. The van der Waals surface area contributed by atoms with E-state index >= 15 is 0 Å². The Morgan fingerprint density at radius 1 is 1.12 bits per heavy atom. The van der Waals surface area contributed by atoms with Crippen LogP contribution in [0.4, 0.5) is 0 Å². The number of carbonyl (C=O) groups excluding carboxylic acids is 1. The maximum Gasteiger partial charge on any atom is 0.246 e. The Hall–Kier alpha value is -2.11. The summed E-state index contributed by atoms with van der Waals surface area (Å²) in [5, 5.41) is 4.52. The number of sulfonamides is 1. The van der Waals surface area contributed by atoms with Gasteiger partial charge in [0.15, 0.2) is 9.84 Å². The molecule has 1 aliphatic heterocycles. The predicted octanol–water partition coefficient (Wildman–Crippen LogP) is 3.51. The lowest BCUT2D eigenvalue weighted by Crippen LogP contribution is -2.35. The zero-order valence-corrected chi connectivity index (χ0v) is 21.4. The molecule has 2 aromatic rings. The highest BCUT2D eigenvalue weighted by Crippen LogP contribution is 2.32. The van der Waals surface area contributed by atoms with Gasteiger partial charge in [0.1, 0.15) is 10.6 Å². The minimum absolute atomic E-state index is 0.0324. The summed E-state index contributed by atoms with van der Waals surface area (Å²) in [6.45, 7) is 0.441. The van der Waals surface area contributed by atoms with E-state index in [4.69, 9.17) is 27.9 Å². The first-order valence-electron chi connectivity index (χ1n) is 10.3. The second kappa shape index (κ2) is 11.1. The molecule has 0 aromatic heterocycles. The SMILES string of the molecule is COc1ccc(Cl)cc1S(=O)(=O)N1CCC(C(=O)NCC/C=C/S(=O)(=O)c2ccc(Cl)cc2)C1. The molecular formula is C22H24Cl2N2O6S2. The monoisotopic (exact) mass is 546 g/mol. The normalized spacial score (nSPS) is 17.2. The van der Waals surface area contributed by atoms with Crippen molar-refractivity contribution in [1.82, 2.24) is 9.62 Å². The van der Waals surface area contributed by atoms with Crippen LogP contribution < -0.4 is 10.1 Å². The third kappa shape index (κ3) is 6.31. The van der Waals surface area contributed by atoms with Crippen LogP contribution in [0, 0.1) is 5.92 Å². The van der Waals surface area contributed by atoms with Crippen molar-refractivity contribution in [2.75, 3.05) is 26.7 Å². The van der Waals surface area contributed by atoms with Crippen molar-refractivity contribution in [2.45, 2.75) is 22.6 Å². The molecule has 1 N–H and O–H groups in total. The fraction of sp³-hybridized carbons (Fsp3) is 0.318. The van der Waals surface area contributed by atoms with Crippen molar-refractivity contribution in [1.29, 1.82) is 0 Å². The smallest absolute Gasteiger partial charge is 0.246 e. The van der Waals surface area contributed by atoms with E-state index in [-0.39, 0.29) is 46.1 Å². The molecule has 2 aromatic carbocycles. The number of carbonyl (C=O) groups is 1. The number of ether oxygens (including phenoxy) is 1. The van der Waals surface area contributed by atoms with E-state index in [1.807, 2.05) is 0 Å². The van der Waals surface area contributed by atoms with Crippen LogP contribution in [0.5, 0.6) is 5.75 Å². The molecule has 1 heterocycles. The number of rotatable bonds is 9. The molecule has 0 bridgehead atoms. The first-order valence-corrected chi connectivity index (χ1v) is 14.1. The van der Waals surface area contributed by atoms with Gasteiger partial charge in [-0.25, -0.2) is 16.8 Å². The first-order chi connectivity index (χ1) is 16.0. The number of hydrogen-bond donors (Lipinski definition) is 1. The highest BCUT2D eigenvalue weighted by molar-refractivity contribution is 7.94. The van der Waals surface area contributed by atoms with E-state index in [2.05, 4.69) is 5.32 Å². The van der Waals surface area contributed by atoms with Crippen molar-refractivity contribution in [3.8, 4) is 5.75 Å². The molecule has 0 spiro atoms. The van der Waals surface area contributed by atoms with Gasteiger partial charge in [-0.05, 0) is 55.3 Å². The van der Waals surface area contributed by atoms with E-state index in [1.54, 1.807) is 0 Å². The highest BCUT2D eigenvalue weighted by atomic mass is 35.5. The van der Waals surface area contributed by atoms with Gasteiger partial charge in [-0.1, -0.05) is 29.3 Å². The molecular weight excluding hydrogens is 523 g/mol. The van der Waals surface area contributed by atoms with Gasteiger partial charge in [-0.15, -0.1) is 0 Å². The van der Waals surface area contributed by atoms with Crippen LogP contribution in [0.15, 0.2) is 63.7 Å². The molecule has 34 heavy (non-hydrogen) atoms. The fourth-order valence-corrected chi connectivity index (χ4v) is 6.58. The molecule has 1 unspecified atom stereocenters. The number of sulfone groups is 1. The predicted molar refractivity (Wildman–Crippen MR) is 130 cm³/mol. The molecule has 1 aliphatic rings. The maximum absolute atomic E-state index is 13.0. The Bertz CT molecular complexity index is 1280. The number of nitrogens with one attached hydrogen (secondary N) is 1. The van der Waals surface area contributed by atoms with E-state index in [9.17, 15) is 21.6 Å². The molecule has 1 fully saturated rings. The molecule has 1 saturated heterocycles. The van der Waals surface area contributed by atoms with Crippen molar-refractivity contribution in [3.05, 3.63) is 64.0 Å². The molecule has 8 nitrogen and oxygen atoms in total. The van der Waals surface area contributed by atoms with E-state index in [1.165, 1.54) is 60.0 Å². The lowest BCUT2D eigenvalue weighted by atomic mass is 10.1. The van der Waals surface area contributed by atoms with Crippen molar-refractivity contribution < 1.29 is 26.4 Å². The minimum Gasteiger partial charge on any atom is -0.495 e. The Morgan fingerprint density at radius 2 is 1.79 bits per heavy atom. The maximum atomic E-state index is 13.0. The zero-order chi connectivity index (χ0) is 24.9. The Balaban J connectivity index is 1.53. The van der Waals surface area contributed by atoms with Gasteiger partial charge >= 0.3 is 0 Å². The number of hydrogen-bond acceptors (Lipinski definition) is 6. The number of amides is 1. The third-order valence-electron chi connectivity index (χ3n) is 5.29. The molecule has 1 amide bonds.